The van der Waals surface area contributed by atoms with Gasteiger partial charge in [0.15, 0.2) is 29.7 Å². The van der Waals surface area contributed by atoms with Crippen molar-refractivity contribution in [3.63, 3.8) is 0 Å². The molecule has 0 aromatic heterocycles. The van der Waals surface area contributed by atoms with E-state index in [-0.39, 0.29) is 11.6 Å². The van der Waals surface area contributed by atoms with Crippen LogP contribution in [-0.4, -0.2) is 47.8 Å². The van der Waals surface area contributed by atoms with E-state index in [0.717, 1.165) is 60.3 Å². The zero-order chi connectivity index (χ0) is 22.1. The minimum Gasteiger partial charge on any atom is -0.493 e. The van der Waals surface area contributed by atoms with Gasteiger partial charge in [-0.15, -0.1) is 0 Å². The Morgan fingerprint density at radius 2 is 1.65 bits per heavy atom. The van der Waals surface area contributed by atoms with Gasteiger partial charge >= 0.3 is 5.97 Å². The largest absolute Gasteiger partial charge is 0.493 e. The Bertz CT molecular complexity index is 961. The average molecular weight is 425 g/mol. The molecule has 0 amide bonds. The van der Waals surface area contributed by atoms with Gasteiger partial charge in [0.1, 0.15) is 0 Å². The molecular formula is C24H27NO6. The molecule has 4 rings (SSSR count). The molecule has 0 spiro atoms. The molecule has 1 aromatic rings. The Morgan fingerprint density at radius 1 is 1.03 bits per heavy atom. The number of carbonyl (C=O) groups excluding carboxylic acids is 2. The normalized spacial score (nSPS) is 19.4. The minimum absolute atomic E-state index is 0.0970. The highest BCUT2D eigenvalue weighted by molar-refractivity contribution is 6.06. The highest BCUT2D eigenvalue weighted by atomic mass is 16.5. The molecule has 0 saturated carbocycles. The molecule has 3 aliphatic rings. The molecule has 31 heavy (non-hydrogen) atoms. The molecule has 0 fully saturated rings. The van der Waals surface area contributed by atoms with Gasteiger partial charge in [-0.05, 0) is 50.3 Å². The molecule has 1 aliphatic heterocycles. The number of Topliss-reactive ketones (excluding diaryl/α,β-unsaturated/α-hetero) is 2. The van der Waals surface area contributed by atoms with E-state index < -0.39 is 18.5 Å². The summed E-state index contributed by atoms with van der Waals surface area (Å²) in [4.78, 5) is 39.3. The molecule has 7 nitrogen and oxygen atoms in total. The van der Waals surface area contributed by atoms with Gasteiger partial charge in [0.05, 0.1) is 7.11 Å². The molecule has 2 aliphatic carbocycles. The van der Waals surface area contributed by atoms with E-state index in [4.69, 9.17) is 14.6 Å². The lowest BCUT2D eigenvalue weighted by Gasteiger charge is -2.43. The smallest absolute Gasteiger partial charge is 0.341 e. The van der Waals surface area contributed by atoms with Crippen LogP contribution in [0.2, 0.25) is 0 Å². The summed E-state index contributed by atoms with van der Waals surface area (Å²) in [5, 5.41) is 8.90. The Hall–Kier alpha value is -3.09. The van der Waals surface area contributed by atoms with Crippen molar-refractivity contribution in [2.75, 3.05) is 20.3 Å². The van der Waals surface area contributed by atoms with Crippen LogP contribution in [0.15, 0.2) is 40.7 Å². The van der Waals surface area contributed by atoms with Crippen LogP contribution >= 0.6 is 0 Å². The summed E-state index contributed by atoms with van der Waals surface area (Å²) in [7, 11) is 1.49. The van der Waals surface area contributed by atoms with Crippen molar-refractivity contribution in [1.82, 2.24) is 4.90 Å². The third-order valence-corrected chi connectivity index (χ3v) is 6.27. The van der Waals surface area contributed by atoms with E-state index in [1.165, 1.54) is 7.11 Å². The Kier molecular flexibility index (Phi) is 5.85. The van der Waals surface area contributed by atoms with Gasteiger partial charge in [-0.3, -0.25) is 9.59 Å². The molecule has 1 N–H and O–H groups in total. The number of hydrogen-bond acceptors (Lipinski definition) is 6. The van der Waals surface area contributed by atoms with Gasteiger partial charge < -0.3 is 19.5 Å². The summed E-state index contributed by atoms with van der Waals surface area (Å²) in [5.74, 6) is -0.612. The van der Waals surface area contributed by atoms with Crippen molar-refractivity contribution in [1.29, 1.82) is 0 Å². The number of carbonyl (C=O) groups is 3. The number of hydrogen-bond donors (Lipinski definition) is 1. The first-order valence-corrected chi connectivity index (χ1v) is 10.8. The Labute approximate surface area is 181 Å². The summed E-state index contributed by atoms with van der Waals surface area (Å²) >= 11 is 0. The number of methoxy groups -OCH3 is 1. The van der Waals surface area contributed by atoms with E-state index >= 15 is 0 Å². The summed E-state index contributed by atoms with van der Waals surface area (Å²) in [6, 6.07) is 5.23. The van der Waals surface area contributed by atoms with Crippen LogP contribution < -0.4 is 9.47 Å². The lowest BCUT2D eigenvalue weighted by atomic mass is 9.71. The van der Waals surface area contributed by atoms with E-state index in [2.05, 4.69) is 11.8 Å². The summed E-state index contributed by atoms with van der Waals surface area (Å²) < 4.78 is 10.8. The molecule has 0 unspecified atom stereocenters. The van der Waals surface area contributed by atoms with Gasteiger partial charge in [-0.1, -0.05) is 6.07 Å². The fourth-order valence-electron chi connectivity index (χ4n) is 5.05. The fourth-order valence-corrected chi connectivity index (χ4v) is 5.05. The van der Waals surface area contributed by atoms with Gasteiger partial charge in [-0.2, -0.15) is 0 Å². The molecule has 0 saturated heterocycles. The summed E-state index contributed by atoms with van der Waals surface area (Å²) in [5.41, 5.74) is 4.33. The second kappa shape index (κ2) is 8.57. The van der Waals surface area contributed by atoms with Crippen LogP contribution in [0, 0.1) is 0 Å². The first-order valence-electron chi connectivity index (χ1n) is 10.8. The standard InChI is InChI=1S/C24H27NO6/c1-3-25-15-6-4-8-17(26)23(15)22(24-16(25)7-5-9-18(24)27)14-10-11-19(20(12-14)30-2)31-13-21(28)29/h10-12,22H,3-9,13H2,1-2H3,(H,28,29). The second-order valence-corrected chi connectivity index (χ2v) is 8.04. The predicted molar refractivity (Wildman–Crippen MR) is 113 cm³/mol. The molecule has 1 aromatic carbocycles. The molecular weight excluding hydrogens is 398 g/mol. The Balaban J connectivity index is 1.86. The monoisotopic (exact) mass is 425 g/mol. The van der Waals surface area contributed by atoms with Crippen LogP contribution in [0.4, 0.5) is 0 Å². The van der Waals surface area contributed by atoms with Crippen LogP contribution in [0.25, 0.3) is 0 Å². The van der Waals surface area contributed by atoms with Crippen molar-refractivity contribution in [2.24, 2.45) is 0 Å². The molecule has 0 bridgehead atoms. The lowest BCUT2D eigenvalue weighted by Crippen LogP contribution is -2.39. The molecule has 0 atom stereocenters. The zero-order valence-corrected chi connectivity index (χ0v) is 17.9. The number of allylic oxidation sites excluding steroid dienone is 4. The van der Waals surface area contributed by atoms with Crippen molar-refractivity contribution in [3.8, 4) is 11.5 Å². The van der Waals surface area contributed by atoms with Crippen molar-refractivity contribution in [3.05, 3.63) is 46.3 Å². The maximum Gasteiger partial charge on any atom is 0.341 e. The van der Waals surface area contributed by atoms with E-state index in [9.17, 15) is 14.4 Å². The topological polar surface area (TPSA) is 93.1 Å². The minimum atomic E-state index is -1.08. The first kappa shape index (κ1) is 21.2. The van der Waals surface area contributed by atoms with Crippen molar-refractivity contribution < 1.29 is 29.0 Å². The van der Waals surface area contributed by atoms with Crippen LogP contribution in [0.1, 0.15) is 56.9 Å². The van der Waals surface area contributed by atoms with Crippen LogP contribution in [-0.2, 0) is 14.4 Å². The number of rotatable bonds is 6. The number of ketones is 2. The highest BCUT2D eigenvalue weighted by Crippen LogP contribution is 2.49. The van der Waals surface area contributed by atoms with Crippen LogP contribution in [0.5, 0.6) is 11.5 Å². The Morgan fingerprint density at radius 3 is 2.16 bits per heavy atom. The first-order chi connectivity index (χ1) is 15.0. The molecule has 7 heteroatoms. The maximum absolute atomic E-state index is 13.1. The third-order valence-electron chi connectivity index (χ3n) is 6.27. The second-order valence-electron chi connectivity index (χ2n) is 8.04. The van der Waals surface area contributed by atoms with Gasteiger partial charge in [0.25, 0.3) is 0 Å². The van der Waals surface area contributed by atoms with E-state index in [1.54, 1.807) is 12.1 Å². The predicted octanol–water partition coefficient (Wildman–Crippen LogP) is 3.59. The quantitative estimate of drug-likeness (QED) is 0.744. The fraction of sp³-hybridized carbons (Fsp3) is 0.458. The molecule has 1 heterocycles. The number of ether oxygens (including phenoxy) is 2. The number of carboxylic acids is 1. The summed E-state index contributed by atoms with van der Waals surface area (Å²) in [6.07, 6.45) is 4.27. The SMILES string of the molecule is CCN1C2=C(C(=O)CCC2)C(c2ccc(OCC(=O)O)c(OC)c2)C2=C1CCCC2=O. The number of carboxylic acid groups (broad SMARTS) is 1. The number of nitrogens with zero attached hydrogens (tertiary/aromatic N) is 1. The number of aliphatic carboxylic acids is 1. The van der Waals surface area contributed by atoms with E-state index in [1.807, 2.05) is 6.07 Å². The highest BCUT2D eigenvalue weighted by Gasteiger charge is 2.43. The van der Waals surface area contributed by atoms with Crippen molar-refractivity contribution in [2.45, 2.75) is 51.4 Å². The third kappa shape index (κ3) is 3.73. The number of benzene rings is 1. The summed E-state index contributed by atoms with van der Waals surface area (Å²) in [6.45, 7) is 2.31. The lowest BCUT2D eigenvalue weighted by molar-refractivity contribution is -0.139. The van der Waals surface area contributed by atoms with Crippen LogP contribution in [0.3, 0.4) is 0 Å². The molecule has 164 valence electrons. The van der Waals surface area contributed by atoms with Gasteiger partial charge in [0, 0.05) is 47.8 Å². The van der Waals surface area contributed by atoms with Gasteiger partial charge in [0.2, 0.25) is 0 Å². The van der Waals surface area contributed by atoms with Crippen molar-refractivity contribution >= 4 is 17.5 Å². The maximum atomic E-state index is 13.1. The van der Waals surface area contributed by atoms with Gasteiger partial charge in [-0.25, -0.2) is 4.79 Å². The van der Waals surface area contributed by atoms with E-state index in [0.29, 0.717) is 24.3 Å². The molecule has 0 radical (unpaired) electrons. The zero-order valence-electron chi connectivity index (χ0n) is 17.9. The average Bonchev–Trinajstić information content (AvgIpc) is 2.76.